The lowest BCUT2D eigenvalue weighted by atomic mass is 10.2. The Labute approximate surface area is 189 Å². The number of hydrogen-bond acceptors (Lipinski definition) is 7. The molecule has 29 heavy (non-hydrogen) atoms. The molecule has 7 nitrogen and oxygen atoms in total. The fourth-order valence-corrected chi connectivity index (χ4v) is 5.59. The number of nitrogens with zero attached hydrogens (tertiary/aromatic N) is 2. The molecule has 152 valence electrons. The van der Waals surface area contributed by atoms with Crippen LogP contribution < -0.4 is 9.50 Å². The molecule has 1 heterocycles. The first-order valence-corrected chi connectivity index (χ1v) is 12.2. The van der Waals surface area contributed by atoms with E-state index in [1.54, 1.807) is 24.3 Å². The molecule has 0 saturated carbocycles. The van der Waals surface area contributed by atoms with E-state index < -0.39 is 10.1 Å². The third-order valence-electron chi connectivity index (χ3n) is 3.73. The van der Waals surface area contributed by atoms with Gasteiger partial charge in [0.05, 0.1) is 11.5 Å². The van der Waals surface area contributed by atoms with E-state index in [0.29, 0.717) is 26.1 Å². The lowest BCUT2D eigenvalue weighted by molar-refractivity contribution is -0.118. The molecule has 0 aromatic heterocycles. The van der Waals surface area contributed by atoms with Crippen molar-refractivity contribution in [1.29, 1.82) is 0 Å². The number of benzene rings is 2. The molecule has 1 fully saturated rings. The van der Waals surface area contributed by atoms with Crippen LogP contribution in [0.15, 0.2) is 66.5 Å². The monoisotopic (exact) mass is 559 g/mol. The summed E-state index contributed by atoms with van der Waals surface area (Å²) in [5, 5.41) is 10.9. The first kappa shape index (κ1) is 22.0. The first-order chi connectivity index (χ1) is 13.8. The average molecular weight is 561 g/mol. The average Bonchev–Trinajstić information content (AvgIpc) is 3.03. The van der Waals surface area contributed by atoms with Crippen LogP contribution in [0.1, 0.15) is 18.9 Å². The number of carbonyl (C=O) groups excluding carboxylic acids is 1. The van der Waals surface area contributed by atoms with E-state index in [-0.39, 0.29) is 21.8 Å². The van der Waals surface area contributed by atoms with Crippen molar-refractivity contribution < 1.29 is 17.4 Å². The molecule has 0 unspecified atom stereocenters. The molecule has 11 heteroatoms. The van der Waals surface area contributed by atoms with Gasteiger partial charge >= 0.3 is 10.1 Å². The summed E-state index contributed by atoms with van der Waals surface area (Å²) < 4.78 is 31.4. The Morgan fingerprint density at radius 3 is 2.76 bits per heavy atom. The van der Waals surface area contributed by atoms with Crippen molar-refractivity contribution in [3.05, 3.63) is 57.0 Å². The van der Waals surface area contributed by atoms with Crippen molar-refractivity contribution in [1.82, 2.24) is 5.32 Å². The Balaban J connectivity index is 1.74. The number of rotatable bonds is 6. The number of nitrogens with one attached hydrogen (secondary N) is 1. The zero-order chi connectivity index (χ0) is 21.0. The SMILES string of the molecule is CC[C@@H]1S/C(=N/N=C\c2cccc(OS(=O)(=O)c3cc(Br)ccc3Br)c2)NC1=O. The van der Waals surface area contributed by atoms with E-state index in [0.717, 1.165) is 0 Å². The van der Waals surface area contributed by atoms with Crippen LogP contribution in [0.4, 0.5) is 0 Å². The molecule has 1 atom stereocenters. The molecule has 1 saturated heterocycles. The second-order valence-corrected chi connectivity index (χ2v) is 10.3. The van der Waals surface area contributed by atoms with Crippen LogP contribution in [0, 0.1) is 0 Å². The number of hydrogen-bond donors (Lipinski definition) is 1. The van der Waals surface area contributed by atoms with Crippen molar-refractivity contribution in [2.75, 3.05) is 0 Å². The summed E-state index contributed by atoms with van der Waals surface area (Å²) in [7, 11) is -4.03. The quantitative estimate of drug-likeness (QED) is 0.322. The van der Waals surface area contributed by atoms with E-state index in [9.17, 15) is 13.2 Å². The van der Waals surface area contributed by atoms with Gasteiger partial charge < -0.3 is 9.50 Å². The highest BCUT2D eigenvalue weighted by molar-refractivity contribution is 9.11. The van der Waals surface area contributed by atoms with Gasteiger partial charge in [0, 0.05) is 8.95 Å². The predicted molar refractivity (Wildman–Crippen MR) is 121 cm³/mol. The van der Waals surface area contributed by atoms with Crippen LogP contribution in [0.25, 0.3) is 0 Å². The van der Waals surface area contributed by atoms with Crippen LogP contribution in [-0.2, 0) is 14.9 Å². The molecular weight excluding hydrogens is 546 g/mol. The molecule has 0 radical (unpaired) electrons. The Bertz CT molecular complexity index is 1100. The topological polar surface area (TPSA) is 97.2 Å². The smallest absolute Gasteiger partial charge is 0.340 e. The zero-order valence-electron chi connectivity index (χ0n) is 15.0. The fraction of sp³-hybridized carbons (Fsp3) is 0.167. The molecule has 2 aromatic rings. The summed E-state index contributed by atoms with van der Waals surface area (Å²) in [5.74, 6) is 0.0637. The maximum Gasteiger partial charge on any atom is 0.340 e. The molecule has 0 aliphatic carbocycles. The fourth-order valence-electron chi connectivity index (χ4n) is 2.36. The van der Waals surface area contributed by atoms with Crippen molar-refractivity contribution in [3.63, 3.8) is 0 Å². The van der Waals surface area contributed by atoms with Gasteiger partial charge in [-0.2, -0.15) is 13.5 Å². The highest BCUT2D eigenvalue weighted by Crippen LogP contribution is 2.28. The summed E-state index contributed by atoms with van der Waals surface area (Å²) in [6, 6.07) is 11.2. The standard InChI is InChI=1S/C18H15Br2N3O4S2/c1-2-15-17(24)22-18(28-15)23-21-10-11-4-3-5-13(8-11)27-29(25,26)16-9-12(19)6-7-14(16)20/h3-10,15H,2H2,1H3,(H,22,23,24)/b21-10-/t15-/m0/s1. The Hall–Kier alpha value is -1.69. The summed E-state index contributed by atoms with van der Waals surface area (Å²) in [6.07, 6.45) is 2.16. The van der Waals surface area contributed by atoms with Gasteiger partial charge in [0.2, 0.25) is 5.91 Å². The van der Waals surface area contributed by atoms with Crippen molar-refractivity contribution in [3.8, 4) is 5.75 Å². The molecular formula is C18H15Br2N3O4S2. The van der Waals surface area contributed by atoms with Gasteiger partial charge in [0.15, 0.2) is 5.17 Å². The second-order valence-electron chi connectivity index (χ2n) is 5.84. The van der Waals surface area contributed by atoms with Crippen LogP contribution in [0.3, 0.4) is 0 Å². The maximum absolute atomic E-state index is 12.6. The molecule has 2 aromatic carbocycles. The number of carbonyl (C=O) groups is 1. The van der Waals surface area contributed by atoms with E-state index in [2.05, 4.69) is 47.4 Å². The van der Waals surface area contributed by atoms with Gasteiger partial charge in [0.25, 0.3) is 0 Å². The molecule has 1 aliphatic rings. The lowest BCUT2D eigenvalue weighted by Crippen LogP contribution is -2.24. The first-order valence-electron chi connectivity index (χ1n) is 8.36. The molecule has 3 rings (SSSR count). The minimum Gasteiger partial charge on any atom is -0.379 e. The zero-order valence-corrected chi connectivity index (χ0v) is 19.8. The third kappa shape index (κ3) is 5.68. The normalized spacial score (nSPS) is 18.4. The summed E-state index contributed by atoms with van der Waals surface area (Å²) in [6.45, 7) is 1.93. The number of amides is 1. The van der Waals surface area contributed by atoms with E-state index in [4.69, 9.17) is 4.18 Å². The largest absolute Gasteiger partial charge is 0.379 e. The van der Waals surface area contributed by atoms with Gasteiger partial charge in [-0.3, -0.25) is 4.79 Å². The minimum atomic E-state index is -4.03. The minimum absolute atomic E-state index is 0.0109. The molecule has 1 aliphatic heterocycles. The number of halogens is 2. The van der Waals surface area contributed by atoms with Crippen LogP contribution in [0.5, 0.6) is 5.75 Å². The summed E-state index contributed by atoms with van der Waals surface area (Å²) >= 11 is 7.81. The van der Waals surface area contributed by atoms with Gasteiger partial charge in [-0.15, -0.1) is 5.10 Å². The van der Waals surface area contributed by atoms with Gasteiger partial charge in [0.1, 0.15) is 10.6 Å². The van der Waals surface area contributed by atoms with Crippen LogP contribution in [0.2, 0.25) is 0 Å². The van der Waals surface area contributed by atoms with Crippen molar-refractivity contribution in [2.45, 2.75) is 23.5 Å². The maximum atomic E-state index is 12.6. The van der Waals surface area contributed by atoms with Gasteiger partial charge in [-0.05, 0) is 58.2 Å². The van der Waals surface area contributed by atoms with Gasteiger partial charge in [-0.25, -0.2) is 0 Å². The van der Waals surface area contributed by atoms with Gasteiger partial charge in [-0.1, -0.05) is 46.7 Å². The molecule has 0 bridgehead atoms. The Morgan fingerprint density at radius 1 is 1.24 bits per heavy atom. The van der Waals surface area contributed by atoms with Crippen molar-refractivity contribution in [2.24, 2.45) is 10.2 Å². The number of amidine groups is 1. The highest BCUT2D eigenvalue weighted by Gasteiger charge is 2.28. The van der Waals surface area contributed by atoms with E-state index in [1.165, 1.54) is 36.2 Å². The van der Waals surface area contributed by atoms with E-state index >= 15 is 0 Å². The highest BCUT2D eigenvalue weighted by atomic mass is 79.9. The molecule has 0 spiro atoms. The summed E-state index contributed by atoms with van der Waals surface area (Å²) in [4.78, 5) is 11.7. The molecule has 1 N–H and O–H groups in total. The van der Waals surface area contributed by atoms with E-state index in [1.807, 2.05) is 6.92 Å². The Morgan fingerprint density at radius 2 is 2.03 bits per heavy atom. The second kappa shape index (κ2) is 9.41. The molecule has 1 amide bonds. The van der Waals surface area contributed by atoms with Crippen LogP contribution in [-0.4, -0.2) is 31.0 Å². The number of thioether (sulfide) groups is 1. The predicted octanol–water partition coefficient (Wildman–Crippen LogP) is 4.31. The Kier molecular flexibility index (Phi) is 7.14. The lowest BCUT2D eigenvalue weighted by Gasteiger charge is -2.09. The summed E-state index contributed by atoms with van der Waals surface area (Å²) in [5.41, 5.74) is 0.594. The third-order valence-corrected chi connectivity index (χ3v) is 7.70. The van der Waals surface area contributed by atoms with Crippen LogP contribution >= 0.6 is 43.6 Å². The van der Waals surface area contributed by atoms with Crippen molar-refractivity contribution >= 4 is 71.0 Å².